The molecular formula is C11H14F3N. The Balaban J connectivity index is 2.72. The highest BCUT2D eigenvalue weighted by atomic mass is 19.3. The molecule has 0 bridgehead atoms. The maximum Gasteiger partial charge on any atom is 0.273 e. The second kappa shape index (κ2) is 5.16. The average molecular weight is 217 g/mol. The molecule has 0 heterocycles. The highest BCUT2D eigenvalue weighted by molar-refractivity contribution is 5.25. The van der Waals surface area contributed by atoms with Gasteiger partial charge in [-0.3, -0.25) is 0 Å². The van der Waals surface area contributed by atoms with Crippen LogP contribution >= 0.6 is 0 Å². The fourth-order valence-corrected chi connectivity index (χ4v) is 1.35. The summed E-state index contributed by atoms with van der Waals surface area (Å²) in [6, 6.07) is 6.04. The molecule has 15 heavy (non-hydrogen) atoms. The summed E-state index contributed by atoms with van der Waals surface area (Å²) in [5.74, 6) is 0. The van der Waals surface area contributed by atoms with E-state index in [1.54, 1.807) is 12.1 Å². The third-order valence-electron chi connectivity index (χ3n) is 2.08. The van der Waals surface area contributed by atoms with Crippen molar-refractivity contribution in [2.75, 3.05) is 0 Å². The van der Waals surface area contributed by atoms with Crippen LogP contribution in [0.3, 0.4) is 0 Å². The minimum Gasteiger partial charge on any atom is -0.328 e. The minimum atomic E-state index is -2.97. The van der Waals surface area contributed by atoms with Crippen LogP contribution in [0.25, 0.3) is 0 Å². The van der Waals surface area contributed by atoms with Crippen molar-refractivity contribution in [3.8, 4) is 0 Å². The van der Waals surface area contributed by atoms with E-state index in [9.17, 15) is 13.2 Å². The van der Waals surface area contributed by atoms with E-state index in [0.29, 0.717) is 6.42 Å². The van der Waals surface area contributed by atoms with Crippen molar-refractivity contribution in [3.63, 3.8) is 0 Å². The predicted molar refractivity (Wildman–Crippen MR) is 53.6 cm³/mol. The highest BCUT2D eigenvalue weighted by Crippen LogP contribution is 2.24. The number of halogens is 3. The van der Waals surface area contributed by atoms with E-state index in [2.05, 4.69) is 0 Å². The maximum absolute atomic E-state index is 12.9. The first-order chi connectivity index (χ1) is 7.00. The lowest BCUT2D eigenvalue weighted by Crippen LogP contribution is -2.17. The van der Waals surface area contributed by atoms with E-state index < -0.39 is 12.6 Å². The van der Waals surface area contributed by atoms with Gasteiger partial charge in [0.05, 0.1) is 0 Å². The molecule has 0 amide bonds. The second-order valence-corrected chi connectivity index (χ2v) is 3.66. The molecule has 0 aliphatic carbocycles. The molecule has 0 saturated carbocycles. The van der Waals surface area contributed by atoms with Gasteiger partial charge < -0.3 is 5.73 Å². The Morgan fingerprint density at radius 2 is 1.67 bits per heavy atom. The van der Waals surface area contributed by atoms with Crippen LogP contribution in [-0.4, -0.2) is 12.5 Å². The van der Waals surface area contributed by atoms with E-state index in [1.807, 2.05) is 6.92 Å². The number of alkyl halides is 3. The van der Waals surface area contributed by atoms with Crippen LogP contribution in [0.4, 0.5) is 13.2 Å². The van der Waals surface area contributed by atoms with Crippen LogP contribution in [0.2, 0.25) is 0 Å². The Labute approximate surface area is 87.1 Å². The van der Waals surface area contributed by atoms with Crippen molar-refractivity contribution < 1.29 is 13.2 Å². The molecule has 0 radical (unpaired) electrons. The van der Waals surface area contributed by atoms with Crippen LogP contribution in [-0.2, 0) is 6.42 Å². The molecule has 0 aliphatic rings. The number of hydrogen-bond donors (Lipinski definition) is 1. The number of rotatable bonds is 4. The van der Waals surface area contributed by atoms with Gasteiger partial charge >= 0.3 is 0 Å². The van der Waals surface area contributed by atoms with Gasteiger partial charge in [-0.15, -0.1) is 0 Å². The number of benzene rings is 1. The largest absolute Gasteiger partial charge is 0.328 e. The Hall–Kier alpha value is -1.03. The third-order valence-corrected chi connectivity index (χ3v) is 2.08. The monoisotopic (exact) mass is 217 g/mol. The summed E-state index contributed by atoms with van der Waals surface area (Å²) >= 11 is 0. The zero-order valence-corrected chi connectivity index (χ0v) is 8.46. The first kappa shape index (κ1) is 12.0. The molecule has 0 aliphatic heterocycles. The lowest BCUT2D eigenvalue weighted by atomic mass is 10.0. The molecule has 1 aromatic carbocycles. The number of hydrogen-bond acceptors (Lipinski definition) is 1. The molecule has 0 spiro atoms. The quantitative estimate of drug-likeness (QED) is 0.824. The Morgan fingerprint density at radius 1 is 1.13 bits per heavy atom. The van der Waals surface area contributed by atoms with Crippen molar-refractivity contribution in [3.05, 3.63) is 35.4 Å². The van der Waals surface area contributed by atoms with Crippen molar-refractivity contribution in [2.45, 2.75) is 32.0 Å². The first-order valence-electron chi connectivity index (χ1n) is 4.77. The van der Waals surface area contributed by atoms with Gasteiger partial charge in [0.25, 0.3) is 6.43 Å². The molecule has 2 unspecified atom stereocenters. The van der Waals surface area contributed by atoms with Gasteiger partial charge in [0.2, 0.25) is 0 Å². The Bertz CT molecular complexity index is 295. The summed E-state index contributed by atoms with van der Waals surface area (Å²) in [6.45, 7) is 1.85. The third kappa shape index (κ3) is 3.55. The number of nitrogens with two attached hydrogens (primary N) is 1. The molecule has 0 saturated heterocycles. The molecule has 0 fully saturated rings. The van der Waals surface area contributed by atoms with E-state index in [0.717, 1.165) is 5.56 Å². The smallest absolute Gasteiger partial charge is 0.273 e. The summed E-state index contributed by atoms with van der Waals surface area (Å²) in [6.07, 6.45) is -4.51. The Kier molecular flexibility index (Phi) is 4.15. The molecule has 0 aromatic heterocycles. The summed E-state index contributed by atoms with van der Waals surface area (Å²) in [4.78, 5) is 0. The minimum absolute atomic E-state index is 0.00659. The zero-order chi connectivity index (χ0) is 11.4. The van der Waals surface area contributed by atoms with Gasteiger partial charge in [0, 0.05) is 6.04 Å². The molecule has 2 atom stereocenters. The average Bonchev–Trinajstić information content (AvgIpc) is 2.17. The van der Waals surface area contributed by atoms with Crippen LogP contribution < -0.4 is 5.73 Å². The van der Waals surface area contributed by atoms with Crippen molar-refractivity contribution in [2.24, 2.45) is 5.73 Å². The van der Waals surface area contributed by atoms with Gasteiger partial charge in [0.15, 0.2) is 6.17 Å². The topological polar surface area (TPSA) is 26.0 Å². The molecule has 1 aromatic rings. The fourth-order valence-electron chi connectivity index (χ4n) is 1.35. The molecule has 2 N–H and O–H groups in total. The van der Waals surface area contributed by atoms with Crippen LogP contribution in [0.5, 0.6) is 0 Å². The van der Waals surface area contributed by atoms with E-state index >= 15 is 0 Å². The zero-order valence-electron chi connectivity index (χ0n) is 8.46. The van der Waals surface area contributed by atoms with Crippen LogP contribution in [0.15, 0.2) is 24.3 Å². The normalized spacial score (nSPS) is 15.3. The summed E-state index contributed by atoms with van der Waals surface area (Å²) in [7, 11) is 0. The van der Waals surface area contributed by atoms with Gasteiger partial charge in [-0.1, -0.05) is 24.3 Å². The predicted octanol–water partition coefficient (Wildman–Crippen LogP) is 2.85. The van der Waals surface area contributed by atoms with Gasteiger partial charge in [-0.05, 0) is 24.5 Å². The lowest BCUT2D eigenvalue weighted by Gasteiger charge is -2.09. The SMILES string of the molecule is CC(N)Cc1ccc(C(F)C(F)F)cc1. The molecule has 1 rings (SSSR count). The Morgan fingerprint density at radius 3 is 2.07 bits per heavy atom. The second-order valence-electron chi connectivity index (χ2n) is 3.66. The fraction of sp³-hybridized carbons (Fsp3) is 0.455. The van der Waals surface area contributed by atoms with Gasteiger partial charge in [0.1, 0.15) is 0 Å². The van der Waals surface area contributed by atoms with Crippen LogP contribution in [0.1, 0.15) is 24.2 Å². The summed E-state index contributed by atoms with van der Waals surface area (Å²) < 4.78 is 36.9. The van der Waals surface area contributed by atoms with E-state index in [1.165, 1.54) is 12.1 Å². The summed E-state index contributed by atoms with van der Waals surface area (Å²) in [5.41, 5.74) is 6.51. The maximum atomic E-state index is 12.9. The van der Waals surface area contributed by atoms with E-state index in [4.69, 9.17) is 5.73 Å². The lowest BCUT2D eigenvalue weighted by molar-refractivity contribution is 0.0495. The molecular weight excluding hydrogens is 203 g/mol. The van der Waals surface area contributed by atoms with E-state index in [-0.39, 0.29) is 11.6 Å². The molecule has 84 valence electrons. The van der Waals surface area contributed by atoms with Gasteiger partial charge in [-0.25, -0.2) is 13.2 Å². The van der Waals surface area contributed by atoms with Crippen LogP contribution in [0, 0.1) is 0 Å². The molecule has 4 heteroatoms. The van der Waals surface area contributed by atoms with Crippen molar-refractivity contribution in [1.82, 2.24) is 0 Å². The van der Waals surface area contributed by atoms with Gasteiger partial charge in [-0.2, -0.15) is 0 Å². The molecule has 1 nitrogen and oxygen atoms in total. The van der Waals surface area contributed by atoms with Crippen molar-refractivity contribution >= 4 is 0 Å². The first-order valence-corrected chi connectivity index (χ1v) is 4.77. The summed E-state index contributed by atoms with van der Waals surface area (Å²) in [5, 5.41) is 0. The van der Waals surface area contributed by atoms with Crippen molar-refractivity contribution in [1.29, 1.82) is 0 Å². The standard InChI is InChI=1S/C11H14F3N/c1-7(15)6-8-2-4-9(5-3-8)10(12)11(13)14/h2-5,7,10-11H,6,15H2,1H3. The highest BCUT2D eigenvalue weighted by Gasteiger charge is 2.20.